The lowest BCUT2D eigenvalue weighted by Gasteiger charge is -2.25. The molecule has 80 valence electrons. The lowest BCUT2D eigenvalue weighted by molar-refractivity contribution is 0.380. The fourth-order valence-corrected chi connectivity index (χ4v) is 2.23. The van der Waals surface area contributed by atoms with Crippen molar-refractivity contribution in [3.05, 3.63) is 16.6 Å². The van der Waals surface area contributed by atoms with Crippen molar-refractivity contribution >= 4 is 27.3 Å². The highest BCUT2D eigenvalue weighted by Crippen LogP contribution is 2.29. The summed E-state index contributed by atoms with van der Waals surface area (Å²) in [5.74, 6) is 0. The van der Waals surface area contributed by atoms with Gasteiger partial charge in [-0.2, -0.15) is 0 Å². The molecule has 1 nitrogen and oxygen atoms in total. The number of thiazole rings is 1. The Morgan fingerprint density at radius 3 is 2.71 bits per heavy atom. The molecule has 0 bridgehead atoms. The molecule has 0 fully saturated rings. The van der Waals surface area contributed by atoms with Crippen molar-refractivity contribution in [3.63, 3.8) is 0 Å². The van der Waals surface area contributed by atoms with E-state index in [1.54, 1.807) is 11.3 Å². The minimum atomic E-state index is 0.364. The standard InChI is InChI=1S/C11H18BrNS/c1-11(2,3)9(12)5-4-6-10-13-7-8-14-10/h7-9H,4-6H2,1-3H3. The van der Waals surface area contributed by atoms with Gasteiger partial charge in [-0.15, -0.1) is 11.3 Å². The maximum atomic E-state index is 4.28. The van der Waals surface area contributed by atoms with Crippen LogP contribution in [-0.4, -0.2) is 9.81 Å². The van der Waals surface area contributed by atoms with Gasteiger partial charge in [0, 0.05) is 16.4 Å². The average Bonchev–Trinajstić information content (AvgIpc) is 2.55. The highest BCUT2D eigenvalue weighted by molar-refractivity contribution is 9.09. The van der Waals surface area contributed by atoms with Gasteiger partial charge < -0.3 is 0 Å². The van der Waals surface area contributed by atoms with Crippen LogP contribution in [0.1, 0.15) is 38.6 Å². The van der Waals surface area contributed by atoms with Crippen LogP contribution in [0.25, 0.3) is 0 Å². The summed E-state index contributed by atoms with van der Waals surface area (Å²) in [7, 11) is 0. The molecule has 14 heavy (non-hydrogen) atoms. The molecule has 3 heteroatoms. The first-order valence-corrected chi connectivity index (χ1v) is 6.82. The van der Waals surface area contributed by atoms with E-state index in [1.165, 1.54) is 17.8 Å². The lowest BCUT2D eigenvalue weighted by Crippen LogP contribution is -2.20. The van der Waals surface area contributed by atoms with Gasteiger partial charge in [0.05, 0.1) is 5.01 Å². The number of halogens is 1. The Balaban J connectivity index is 2.22. The third kappa shape index (κ3) is 4.09. The van der Waals surface area contributed by atoms with Crippen molar-refractivity contribution in [2.75, 3.05) is 0 Å². The highest BCUT2D eigenvalue weighted by atomic mass is 79.9. The summed E-state index contributed by atoms with van der Waals surface area (Å²) in [6.07, 6.45) is 5.45. The molecule has 1 atom stereocenters. The first-order valence-electron chi connectivity index (χ1n) is 5.02. The molecule has 0 aromatic carbocycles. The van der Waals surface area contributed by atoms with E-state index in [-0.39, 0.29) is 0 Å². The van der Waals surface area contributed by atoms with Crippen molar-refractivity contribution in [2.45, 2.75) is 44.9 Å². The number of nitrogens with zero attached hydrogens (tertiary/aromatic N) is 1. The molecule has 0 aliphatic rings. The van der Waals surface area contributed by atoms with E-state index in [4.69, 9.17) is 0 Å². The monoisotopic (exact) mass is 275 g/mol. The summed E-state index contributed by atoms with van der Waals surface area (Å²) < 4.78 is 0. The minimum Gasteiger partial charge on any atom is -0.250 e. The van der Waals surface area contributed by atoms with E-state index in [2.05, 4.69) is 41.7 Å². The second-order valence-electron chi connectivity index (χ2n) is 4.65. The molecule has 0 amide bonds. The summed E-state index contributed by atoms with van der Waals surface area (Å²) in [6, 6.07) is 0. The van der Waals surface area contributed by atoms with Crippen molar-refractivity contribution < 1.29 is 0 Å². The van der Waals surface area contributed by atoms with Crippen molar-refractivity contribution in [3.8, 4) is 0 Å². The predicted octanol–water partition coefficient (Wildman–Crippen LogP) is 4.28. The first-order chi connectivity index (χ1) is 6.50. The Bertz CT molecular complexity index is 251. The van der Waals surface area contributed by atoms with Crippen LogP contribution in [0.5, 0.6) is 0 Å². The van der Waals surface area contributed by atoms with Crippen LogP contribution in [0.15, 0.2) is 11.6 Å². The molecule has 0 saturated heterocycles. The van der Waals surface area contributed by atoms with Crippen molar-refractivity contribution in [1.29, 1.82) is 0 Å². The van der Waals surface area contributed by atoms with Gasteiger partial charge >= 0.3 is 0 Å². The Kier molecular flexibility index (Phi) is 4.58. The van der Waals surface area contributed by atoms with Gasteiger partial charge in [0.25, 0.3) is 0 Å². The predicted molar refractivity (Wildman–Crippen MR) is 67.2 cm³/mol. The molecule has 0 aliphatic heterocycles. The third-order valence-electron chi connectivity index (χ3n) is 2.27. The zero-order valence-corrected chi connectivity index (χ0v) is 11.5. The smallest absolute Gasteiger partial charge is 0.0924 e. The van der Waals surface area contributed by atoms with Crippen LogP contribution in [0, 0.1) is 5.41 Å². The number of aryl methyl sites for hydroxylation is 1. The number of alkyl halides is 1. The summed E-state index contributed by atoms with van der Waals surface area (Å²) in [5, 5.41) is 3.31. The van der Waals surface area contributed by atoms with Gasteiger partial charge in [0.1, 0.15) is 0 Å². The molecule has 1 heterocycles. The minimum absolute atomic E-state index is 0.364. The number of rotatable bonds is 4. The van der Waals surface area contributed by atoms with Gasteiger partial charge in [-0.05, 0) is 24.7 Å². The van der Waals surface area contributed by atoms with Gasteiger partial charge in [-0.3, -0.25) is 0 Å². The van der Waals surface area contributed by atoms with Gasteiger partial charge in [-0.25, -0.2) is 4.98 Å². The summed E-state index contributed by atoms with van der Waals surface area (Å²) >= 11 is 5.50. The quantitative estimate of drug-likeness (QED) is 0.748. The normalized spacial score (nSPS) is 14.3. The Morgan fingerprint density at radius 2 is 2.21 bits per heavy atom. The third-order valence-corrected chi connectivity index (χ3v) is 4.94. The van der Waals surface area contributed by atoms with E-state index in [0.717, 1.165) is 6.42 Å². The molecule has 0 radical (unpaired) electrons. The molecule has 1 rings (SSSR count). The van der Waals surface area contributed by atoms with E-state index in [1.807, 2.05) is 11.6 Å². The molecule has 0 aliphatic carbocycles. The van der Waals surface area contributed by atoms with Crippen LogP contribution >= 0.6 is 27.3 Å². The molecule has 0 N–H and O–H groups in total. The van der Waals surface area contributed by atoms with Crippen LogP contribution in [0.4, 0.5) is 0 Å². The van der Waals surface area contributed by atoms with Gasteiger partial charge in [0.15, 0.2) is 0 Å². The van der Waals surface area contributed by atoms with E-state index >= 15 is 0 Å². The van der Waals surface area contributed by atoms with E-state index in [0.29, 0.717) is 10.2 Å². The topological polar surface area (TPSA) is 12.9 Å². The fraction of sp³-hybridized carbons (Fsp3) is 0.727. The van der Waals surface area contributed by atoms with Crippen molar-refractivity contribution in [1.82, 2.24) is 4.98 Å². The first kappa shape index (κ1) is 12.2. The molecule has 1 unspecified atom stereocenters. The van der Waals surface area contributed by atoms with Gasteiger partial charge in [0.2, 0.25) is 0 Å². The van der Waals surface area contributed by atoms with Crippen LogP contribution in [-0.2, 0) is 6.42 Å². The number of hydrogen-bond acceptors (Lipinski definition) is 2. The molecule has 0 saturated carbocycles. The maximum absolute atomic E-state index is 4.28. The Labute approximate surface area is 99.1 Å². The lowest BCUT2D eigenvalue weighted by atomic mass is 9.89. The summed E-state index contributed by atoms with van der Waals surface area (Å²) in [4.78, 5) is 4.88. The van der Waals surface area contributed by atoms with Gasteiger partial charge in [-0.1, -0.05) is 36.7 Å². The SMILES string of the molecule is CC(C)(C)C(Br)CCCc1nccs1. The van der Waals surface area contributed by atoms with E-state index < -0.39 is 0 Å². The summed E-state index contributed by atoms with van der Waals surface area (Å²) in [6.45, 7) is 6.82. The van der Waals surface area contributed by atoms with Crippen LogP contribution in [0.2, 0.25) is 0 Å². The highest BCUT2D eigenvalue weighted by Gasteiger charge is 2.20. The second kappa shape index (κ2) is 5.26. The summed E-state index contributed by atoms with van der Waals surface area (Å²) in [5.41, 5.74) is 0.364. The molecular formula is C11H18BrNS. The van der Waals surface area contributed by atoms with Crippen molar-refractivity contribution in [2.24, 2.45) is 5.41 Å². The number of aromatic nitrogens is 1. The second-order valence-corrected chi connectivity index (χ2v) is 6.74. The zero-order chi connectivity index (χ0) is 10.6. The molecule has 0 spiro atoms. The Morgan fingerprint density at radius 1 is 1.50 bits per heavy atom. The Hall–Kier alpha value is 0.110. The van der Waals surface area contributed by atoms with Crippen LogP contribution < -0.4 is 0 Å². The maximum Gasteiger partial charge on any atom is 0.0924 e. The molecule has 1 aromatic rings. The molecular weight excluding hydrogens is 258 g/mol. The van der Waals surface area contributed by atoms with Crippen LogP contribution in [0.3, 0.4) is 0 Å². The number of hydrogen-bond donors (Lipinski definition) is 0. The average molecular weight is 276 g/mol. The van der Waals surface area contributed by atoms with E-state index in [9.17, 15) is 0 Å². The fourth-order valence-electron chi connectivity index (χ4n) is 1.24. The zero-order valence-electron chi connectivity index (χ0n) is 9.09. The molecule has 1 aromatic heterocycles. The largest absolute Gasteiger partial charge is 0.250 e.